The summed E-state index contributed by atoms with van der Waals surface area (Å²) in [4.78, 5) is 55.2. The molecule has 5 aromatic rings. The Morgan fingerprint density at radius 3 is 2.47 bits per heavy atom. The average molecular weight is 597 g/mol. The minimum absolute atomic E-state index is 0.0817. The van der Waals surface area contributed by atoms with E-state index in [4.69, 9.17) is 18.9 Å². The van der Waals surface area contributed by atoms with Gasteiger partial charge in [0.25, 0.3) is 0 Å². The summed E-state index contributed by atoms with van der Waals surface area (Å²) in [6, 6.07) is 0. The molecule has 17 heteroatoms. The van der Waals surface area contributed by atoms with Gasteiger partial charge in [-0.3, -0.25) is 23.1 Å². The first kappa shape index (κ1) is 27.4. The van der Waals surface area contributed by atoms with E-state index in [9.17, 15) is 24.6 Å². The zero-order valence-corrected chi connectivity index (χ0v) is 23.4. The molecule has 226 valence electrons. The lowest BCUT2D eigenvalue weighted by atomic mass is 10.2. The number of carbonyl (C=O) groups excluding carboxylic acids is 2. The number of hydrogen-bond donors (Lipinski definition) is 2. The molecule has 5 aromatic heterocycles. The number of aliphatic hydroxyl groups excluding tert-OH is 2. The van der Waals surface area contributed by atoms with E-state index in [-0.39, 0.29) is 26.1 Å². The predicted octanol–water partition coefficient (Wildman–Crippen LogP) is -0.227. The van der Waals surface area contributed by atoms with Crippen LogP contribution in [-0.2, 0) is 28.5 Å². The van der Waals surface area contributed by atoms with Crippen molar-refractivity contribution < 1.29 is 38.7 Å². The van der Waals surface area contributed by atoms with Gasteiger partial charge in [0.05, 0.1) is 19.0 Å². The van der Waals surface area contributed by atoms with Gasteiger partial charge in [-0.2, -0.15) is 0 Å². The topological polar surface area (TPSA) is 199 Å². The summed E-state index contributed by atoms with van der Waals surface area (Å²) in [5.41, 5.74) is 2.57. The molecule has 0 amide bonds. The number of nitrogens with zero attached hydrogens (tertiary/aromatic N) is 8. The third-order valence-corrected chi connectivity index (χ3v) is 7.83. The van der Waals surface area contributed by atoms with Crippen molar-refractivity contribution in [1.29, 1.82) is 0 Å². The van der Waals surface area contributed by atoms with Gasteiger partial charge in [0.2, 0.25) is 0 Å². The highest BCUT2D eigenvalue weighted by Crippen LogP contribution is 2.34. The fraction of sp³-hybridized carbons (Fsp3) is 0.500. The fourth-order valence-electron chi connectivity index (χ4n) is 5.88. The standard InChI is InChI=1S/C26H28N8O9/c1-11-6-31(18-4-14(38)16(7-35)42-18)26(39)34-22(11)29-21-25(34)33-10-28-23-20(24(33)30-21)27-9-32(23)19-5-15(41-13(3)37)17(43-19)8-40-12(2)36/h6,9-10,14-19,35,38H,4-5,7-8H2,1-3H3/t14-,15-,16+,17+,18+,19+/m0/s1. The Morgan fingerprint density at radius 2 is 1.74 bits per heavy atom. The van der Waals surface area contributed by atoms with Crippen LogP contribution in [0.3, 0.4) is 0 Å². The van der Waals surface area contributed by atoms with Gasteiger partial charge >= 0.3 is 17.6 Å². The second-order valence-electron chi connectivity index (χ2n) is 10.7. The molecule has 0 saturated carbocycles. The monoisotopic (exact) mass is 596 g/mol. The lowest BCUT2D eigenvalue weighted by Gasteiger charge is -2.17. The Labute approximate surface area is 241 Å². The molecule has 7 rings (SSSR count). The molecule has 2 saturated heterocycles. The molecular formula is C26H28N8O9. The molecule has 2 aliphatic heterocycles. The van der Waals surface area contributed by atoms with Crippen LogP contribution in [0.4, 0.5) is 0 Å². The summed E-state index contributed by atoms with van der Waals surface area (Å²) < 4.78 is 28.5. The Bertz CT molecular complexity index is 1980. The maximum Gasteiger partial charge on any atom is 0.337 e. The maximum atomic E-state index is 13.8. The molecule has 6 atom stereocenters. The molecule has 0 spiro atoms. The van der Waals surface area contributed by atoms with Gasteiger partial charge in [0.15, 0.2) is 28.1 Å². The largest absolute Gasteiger partial charge is 0.463 e. The highest BCUT2D eigenvalue weighted by atomic mass is 16.6. The van der Waals surface area contributed by atoms with Crippen molar-refractivity contribution in [3.8, 4) is 0 Å². The summed E-state index contributed by atoms with van der Waals surface area (Å²) >= 11 is 0. The molecule has 43 heavy (non-hydrogen) atoms. The van der Waals surface area contributed by atoms with Crippen LogP contribution in [0.25, 0.3) is 33.8 Å². The Hall–Kier alpha value is -4.45. The van der Waals surface area contributed by atoms with Gasteiger partial charge in [-0.05, 0) is 6.92 Å². The van der Waals surface area contributed by atoms with E-state index in [2.05, 4.69) is 19.9 Å². The number of rotatable bonds is 6. The smallest absolute Gasteiger partial charge is 0.337 e. The second-order valence-corrected chi connectivity index (χ2v) is 10.7. The van der Waals surface area contributed by atoms with E-state index >= 15 is 0 Å². The Kier molecular flexibility index (Phi) is 6.42. The molecule has 0 bridgehead atoms. The number of fused-ring (bicyclic) bond motifs is 7. The van der Waals surface area contributed by atoms with E-state index in [0.29, 0.717) is 39.3 Å². The number of ether oxygens (including phenoxy) is 4. The van der Waals surface area contributed by atoms with Crippen LogP contribution in [0.2, 0.25) is 0 Å². The van der Waals surface area contributed by atoms with E-state index in [1.807, 2.05) is 0 Å². The van der Waals surface area contributed by atoms with Crippen molar-refractivity contribution in [2.45, 2.75) is 70.5 Å². The van der Waals surface area contributed by atoms with Gasteiger partial charge in [0.1, 0.15) is 49.3 Å². The molecule has 0 aliphatic carbocycles. The van der Waals surface area contributed by atoms with Crippen LogP contribution in [0.1, 0.15) is 44.7 Å². The van der Waals surface area contributed by atoms with E-state index in [1.165, 1.54) is 35.5 Å². The number of esters is 2. The van der Waals surface area contributed by atoms with Crippen LogP contribution in [0.15, 0.2) is 23.6 Å². The van der Waals surface area contributed by atoms with Crippen LogP contribution in [-0.4, -0.2) is 97.7 Å². The molecule has 2 fully saturated rings. The first-order valence-electron chi connectivity index (χ1n) is 13.7. The summed E-state index contributed by atoms with van der Waals surface area (Å²) in [6.45, 7) is 3.94. The van der Waals surface area contributed by atoms with Crippen molar-refractivity contribution in [3.05, 3.63) is 34.9 Å². The molecule has 0 radical (unpaired) electrons. The number of hydrogen-bond acceptors (Lipinski definition) is 13. The fourth-order valence-corrected chi connectivity index (χ4v) is 5.88. The number of aromatic nitrogens is 8. The summed E-state index contributed by atoms with van der Waals surface area (Å²) in [7, 11) is 0. The second kappa shape index (κ2) is 10.1. The zero-order valence-electron chi connectivity index (χ0n) is 23.4. The van der Waals surface area contributed by atoms with E-state index in [0.717, 1.165) is 0 Å². The van der Waals surface area contributed by atoms with Gasteiger partial charge in [-0.15, -0.1) is 0 Å². The molecular weight excluding hydrogens is 568 g/mol. The van der Waals surface area contributed by atoms with E-state index in [1.54, 1.807) is 22.1 Å². The molecule has 2 N–H and O–H groups in total. The molecule has 2 aliphatic rings. The van der Waals surface area contributed by atoms with Crippen LogP contribution >= 0.6 is 0 Å². The number of aryl methyl sites for hydroxylation is 1. The molecule has 7 heterocycles. The molecule has 0 aromatic carbocycles. The third-order valence-electron chi connectivity index (χ3n) is 7.83. The van der Waals surface area contributed by atoms with Crippen LogP contribution in [0.5, 0.6) is 0 Å². The van der Waals surface area contributed by atoms with Crippen LogP contribution in [0, 0.1) is 6.92 Å². The molecule has 17 nitrogen and oxygen atoms in total. The highest BCUT2D eigenvalue weighted by Gasteiger charge is 2.40. The SMILES string of the molecule is CC(=O)OC[C@H]1O[C@@H](n2cnc3c2ncn2c3nc3nc4c(C)cn([C@H]5C[C@H](O)[C@@H](CO)O5)c(=O)n4c32)C[C@@H]1OC(C)=O. The Morgan fingerprint density at radius 1 is 1.00 bits per heavy atom. The van der Waals surface area contributed by atoms with Crippen molar-refractivity contribution in [2.24, 2.45) is 0 Å². The van der Waals surface area contributed by atoms with Crippen molar-refractivity contribution in [3.63, 3.8) is 0 Å². The lowest BCUT2D eigenvalue weighted by Crippen LogP contribution is -2.31. The number of imidazole rings is 3. The molecule has 0 unspecified atom stereocenters. The Balaban J connectivity index is 1.30. The van der Waals surface area contributed by atoms with Crippen molar-refractivity contribution in [2.75, 3.05) is 13.2 Å². The third kappa shape index (κ3) is 4.34. The average Bonchev–Trinajstić information content (AvgIpc) is 3.76. The normalized spacial score (nSPS) is 25.9. The quantitative estimate of drug-likeness (QED) is 0.244. The minimum atomic E-state index is -0.908. The summed E-state index contributed by atoms with van der Waals surface area (Å²) in [5, 5.41) is 19.7. The first-order chi connectivity index (χ1) is 20.6. The van der Waals surface area contributed by atoms with Crippen molar-refractivity contribution >= 4 is 45.7 Å². The lowest BCUT2D eigenvalue weighted by molar-refractivity contribution is -0.155. The van der Waals surface area contributed by atoms with Gasteiger partial charge in [0, 0.05) is 38.4 Å². The van der Waals surface area contributed by atoms with Gasteiger partial charge in [-0.25, -0.2) is 29.1 Å². The van der Waals surface area contributed by atoms with Crippen LogP contribution < -0.4 is 5.69 Å². The first-order valence-corrected chi connectivity index (χ1v) is 13.7. The predicted molar refractivity (Wildman–Crippen MR) is 144 cm³/mol. The summed E-state index contributed by atoms with van der Waals surface area (Å²) in [5.74, 6) is -0.961. The van der Waals surface area contributed by atoms with Crippen molar-refractivity contribution in [1.82, 2.24) is 37.9 Å². The van der Waals surface area contributed by atoms with Gasteiger partial charge < -0.3 is 29.2 Å². The summed E-state index contributed by atoms with van der Waals surface area (Å²) in [6.07, 6.45) is 0.679. The minimum Gasteiger partial charge on any atom is -0.463 e. The maximum absolute atomic E-state index is 13.8. The number of aliphatic hydroxyl groups is 2. The van der Waals surface area contributed by atoms with E-state index < -0.39 is 54.5 Å². The highest BCUT2D eigenvalue weighted by molar-refractivity contribution is 5.91. The van der Waals surface area contributed by atoms with Gasteiger partial charge in [-0.1, -0.05) is 0 Å². The zero-order chi connectivity index (χ0) is 30.2. The number of carbonyl (C=O) groups is 2.